The molecule has 5 heteroatoms. The average Bonchev–Trinajstić information content (AvgIpc) is 3.01. The predicted octanol–water partition coefficient (Wildman–Crippen LogP) is 3.19. The van der Waals surface area contributed by atoms with E-state index in [0.29, 0.717) is 17.9 Å². The molecule has 3 aromatic rings. The first kappa shape index (κ1) is 14.1. The summed E-state index contributed by atoms with van der Waals surface area (Å²) in [6.45, 7) is 2.11. The summed E-state index contributed by atoms with van der Waals surface area (Å²) in [5.74, 6) is 0.336. The van der Waals surface area contributed by atoms with Crippen LogP contribution in [0, 0.1) is 0 Å². The van der Waals surface area contributed by atoms with Crippen molar-refractivity contribution in [3.8, 4) is 16.9 Å². The van der Waals surface area contributed by atoms with E-state index in [4.69, 9.17) is 9.47 Å². The third-order valence-electron chi connectivity index (χ3n) is 3.42. The minimum Gasteiger partial charge on any atom is -0.496 e. The number of methoxy groups -OCH3 is 1. The second kappa shape index (κ2) is 5.89. The normalized spacial score (nSPS) is 10.6. The second-order valence-electron chi connectivity index (χ2n) is 4.71. The lowest BCUT2D eigenvalue weighted by molar-refractivity contribution is 0.0526. The van der Waals surface area contributed by atoms with Crippen LogP contribution < -0.4 is 4.74 Å². The zero-order valence-corrected chi connectivity index (χ0v) is 12.4. The third-order valence-corrected chi connectivity index (χ3v) is 3.42. The highest BCUT2D eigenvalue weighted by Crippen LogP contribution is 2.33. The molecule has 112 valence electrons. The Labute approximate surface area is 128 Å². The fourth-order valence-corrected chi connectivity index (χ4v) is 2.42. The largest absolute Gasteiger partial charge is 0.496 e. The molecule has 0 saturated carbocycles. The summed E-state index contributed by atoms with van der Waals surface area (Å²) >= 11 is 0. The number of rotatable bonds is 4. The standard InChI is InChI=1S/C17H16N2O3/c1-3-22-17(20)14-11-19-9-8-18-16(19)10-13(14)12-6-4-5-7-15(12)21-2/h4-11H,3H2,1-2H3. The first-order valence-electron chi connectivity index (χ1n) is 7.01. The van der Waals surface area contributed by atoms with Crippen LogP contribution in [0.3, 0.4) is 0 Å². The van der Waals surface area contributed by atoms with Crippen molar-refractivity contribution >= 4 is 11.6 Å². The van der Waals surface area contributed by atoms with E-state index in [2.05, 4.69) is 4.98 Å². The van der Waals surface area contributed by atoms with E-state index < -0.39 is 0 Å². The quantitative estimate of drug-likeness (QED) is 0.694. The van der Waals surface area contributed by atoms with Gasteiger partial charge in [0.05, 0.1) is 19.3 Å². The van der Waals surface area contributed by atoms with Crippen LogP contribution >= 0.6 is 0 Å². The van der Waals surface area contributed by atoms with E-state index in [1.54, 1.807) is 37.0 Å². The maximum absolute atomic E-state index is 12.3. The Bertz CT molecular complexity index is 824. The number of aromatic nitrogens is 2. The van der Waals surface area contributed by atoms with Gasteiger partial charge in [0.15, 0.2) is 0 Å². The van der Waals surface area contributed by atoms with Gasteiger partial charge in [0, 0.05) is 29.7 Å². The van der Waals surface area contributed by atoms with E-state index in [-0.39, 0.29) is 5.97 Å². The summed E-state index contributed by atoms with van der Waals surface area (Å²) in [5, 5.41) is 0. The molecule has 5 nitrogen and oxygen atoms in total. The van der Waals surface area contributed by atoms with Gasteiger partial charge in [-0.15, -0.1) is 0 Å². The Morgan fingerprint density at radius 1 is 1.27 bits per heavy atom. The van der Waals surface area contributed by atoms with Crippen molar-refractivity contribution in [1.29, 1.82) is 0 Å². The van der Waals surface area contributed by atoms with Crippen LogP contribution in [-0.4, -0.2) is 29.1 Å². The van der Waals surface area contributed by atoms with Gasteiger partial charge >= 0.3 is 5.97 Å². The minimum atomic E-state index is -0.362. The molecule has 0 unspecified atom stereocenters. The molecule has 0 amide bonds. The molecule has 3 rings (SSSR count). The van der Waals surface area contributed by atoms with Crippen molar-refractivity contribution in [2.24, 2.45) is 0 Å². The number of fused-ring (bicyclic) bond motifs is 1. The fourth-order valence-electron chi connectivity index (χ4n) is 2.42. The molecular weight excluding hydrogens is 280 g/mol. The number of nitrogens with zero attached hydrogens (tertiary/aromatic N) is 2. The van der Waals surface area contributed by atoms with Gasteiger partial charge in [-0.2, -0.15) is 0 Å². The predicted molar refractivity (Wildman–Crippen MR) is 83.1 cm³/mol. The third kappa shape index (κ3) is 2.41. The number of pyridine rings is 1. The first-order valence-corrected chi connectivity index (χ1v) is 7.01. The Hall–Kier alpha value is -2.82. The van der Waals surface area contributed by atoms with Crippen LogP contribution in [0.15, 0.2) is 48.9 Å². The fraction of sp³-hybridized carbons (Fsp3) is 0.176. The van der Waals surface area contributed by atoms with E-state index in [0.717, 1.165) is 16.8 Å². The average molecular weight is 296 g/mol. The van der Waals surface area contributed by atoms with Crippen molar-refractivity contribution in [2.75, 3.05) is 13.7 Å². The number of benzene rings is 1. The van der Waals surface area contributed by atoms with E-state index >= 15 is 0 Å². The molecule has 0 aliphatic carbocycles. The van der Waals surface area contributed by atoms with Crippen molar-refractivity contribution in [2.45, 2.75) is 6.92 Å². The van der Waals surface area contributed by atoms with Gasteiger partial charge in [-0.3, -0.25) is 0 Å². The van der Waals surface area contributed by atoms with Gasteiger partial charge in [0.2, 0.25) is 0 Å². The summed E-state index contributed by atoms with van der Waals surface area (Å²) in [7, 11) is 1.61. The van der Waals surface area contributed by atoms with Crippen LogP contribution in [0.1, 0.15) is 17.3 Å². The number of imidazole rings is 1. The zero-order chi connectivity index (χ0) is 15.5. The van der Waals surface area contributed by atoms with Gasteiger partial charge < -0.3 is 13.9 Å². The van der Waals surface area contributed by atoms with Gasteiger partial charge in [-0.25, -0.2) is 9.78 Å². The molecule has 0 aliphatic rings. The van der Waals surface area contributed by atoms with E-state index in [1.165, 1.54) is 0 Å². The number of para-hydroxylation sites is 1. The number of esters is 1. The first-order chi connectivity index (χ1) is 10.7. The van der Waals surface area contributed by atoms with E-state index in [1.807, 2.05) is 30.3 Å². The van der Waals surface area contributed by atoms with Crippen LogP contribution in [0.4, 0.5) is 0 Å². The highest BCUT2D eigenvalue weighted by atomic mass is 16.5. The zero-order valence-electron chi connectivity index (χ0n) is 12.4. The lowest BCUT2D eigenvalue weighted by Gasteiger charge is -2.13. The number of hydrogen-bond acceptors (Lipinski definition) is 4. The molecule has 0 aliphatic heterocycles. The lowest BCUT2D eigenvalue weighted by Crippen LogP contribution is -2.08. The Morgan fingerprint density at radius 3 is 2.86 bits per heavy atom. The van der Waals surface area contributed by atoms with Gasteiger partial charge in [0.25, 0.3) is 0 Å². The van der Waals surface area contributed by atoms with Crippen LogP contribution in [-0.2, 0) is 4.74 Å². The molecule has 0 fully saturated rings. The highest BCUT2D eigenvalue weighted by molar-refractivity contribution is 5.98. The number of ether oxygens (including phenoxy) is 2. The molecular formula is C17H16N2O3. The van der Waals surface area contributed by atoms with Crippen LogP contribution in [0.5, 0.6) is 5.75 Å². The Kier molecular flexibility index (Phi) is 3.78. The molecule has 2 aromatic heterocycles. The summed E-state index contributed by atoms with van der Waals surface area (Å²) in [4.78, 5) is 16.6. The van der Waals surface area contributed by atoms with Gasteiger partial charge in [-0.05, 0) is 19.1 Å². The van der Waals surface area contributed by atoms with Gasteiger partial charge in [-0.1, -0.05) is 18.2 Å². The maximum Gasteiger partial charge on any atom is 0.340 e. The smallest absolute Gasteiger partial charge is 0.340 e. The Balaban J connectivity index is 2.25. The Morgan fingerprint density at radius 2 is 2.09 bits per heavy atom. The lowest BCUT2D eigenvalue weighted by atomic mass is 10.0. The molecule has 2 heterocycles. The molecule has 0 spiro atoms. The summed E-state index contributed by atoms with van der Waals surface area (Å²) < 4.78 is 12.4. The summed E-state index contributed by atoms with van der Waals surface area (Å²) in [6.07, 6.45) is 5.22. The second-order valence-corrected chi connectivity index (χ2v) is 4.71. The van der Waals surface area contributed by atoms with Crippen molar-refractivity contribution in [1.82, 2.24) is 9.38 Å². The number of carbonyl (C=O) groups is 1. The molecule has 0 radical (unpaired) electrons. The molecule has 0 N–H and O–H groups in total. The van der Waals surface area contributed by atoms with Gasteiger partial charge in [0.1, 0.15) is 11.4 Å². The minimum absolute atomic E-state index is 0.326. The monoisotopic (exact) mass is 296 g/mol. The molecule has 0 saturated heterocycles. The van der Waals surface area contributed by atoms with Crippen molar-refractivity contribution < 1.29 is 14.3 Å². The molecule has 0 bridgehead atoms. The van der Waals surface area contributed by atoms with Crippen LogP contribution in [0.25, 0.3) is 16.8 Å². The number of hydrogen-bond donors (Lipinski definition) is 0. The summed E-state index contributed by atoms with van der Waals surface area (Å²) in [5.41, 5.74) is 2.82. The molecule has 0 atom stereocenters. The SMILES string of the molecule is CCOC(=O)c1cn2ccnc2cc1-c1ccccc1OC. The molecule has 22 heavy (non-hydrogen) atoms. The van der Waals surface area contributed by atoms with Crippen molar-refractivity contribution in [3.63, 3.8) is 0 Å². The van der Waals surface area contributed by atoms with Crippen LogP contribution in [0.2, 0.25) is 0 Å². The molecule has 1 aromatic carbocycles. The topological polar surface area (TPSA) is 52.8 Å². The summed E-state index contributed by atoms with van der Waals surface area (Å²) in [6, 6.07) is 9.43. The van der Waals surface area contributed by atoms with E-state index in [9.17, 15) is 4.79 Å². The highest BCUT2D eigenvalue weighted by Gasteiger charge is 2.18. The number of carbonyl (C=O) groups excluding carboxylic acids is 1. The van der Waals surface area contributed by atoms with Crippen molar-refractivity contribution in [3.05, 3.63) is 54.5 Å². The maximum atomic E-state index is 12.3.